The van der Waals surface area contributed by atoms with Gasteiger partial charge in [0.25, 0.3) is 0 Å². The molecule has 2 aromatic rings. The van der Waals surface area contributed by atoms with Crippen molar-refractivity contribution in [3.8, 4) is 0 Å². The van der Waals surface area contributed by atoms with E-state index in [0.29, 0.717) is 5.92 Å². The fourth-order valence-corrected chi connectivity index (χ4v) is 1.99. The highest BCUT2D eigenvalue weighted by atomic mass is 16.3. The van der Waals surface area contributed by atoms with Gasteiger partial charge in [0.1, 0.15) is 6.10 Å². The first-order valence-corrected chi connectivity index (χ1v) is 5.98. The lowest BCUT2D eigenvalue weighted by molar-refractivity contribution is 0.211. The molecule has 17 heavy (non-hydrogen) atoms. The van der Waals surface area contributed by atoms with E-state index in [1.165, 1.54) is 5.56 Å². The Balaban J connectivity index is 2.26. The van der Waals surface area contributed by atoms with Crippen molar-refractivity contribution in [3.05, 3.63) is 59.4 Å². The fourth-order valence-electron chi connectivity index (χ4n) is 1.99. The predicted octanol–water partition coefficient (Wildman–Crippen LogP) is 3.23. The van der Waals surface area contributed by atoms with Crippen LogP contribution >= 0.6 is 0 Å². The smallest absolute Gasteiger partial charge is 0.119 e. The van der Waals surface area contributed by atoms with Crippen LogP contribution < -0.4 is 0 Å². The highest BCUT2D eigenvalue weighted by molar-refractivity contribution is 5.30. The van der Waals surface area contributed by atoms with Crippen LogP contribution in [0.15, 0.2) is 42.6 Å². The van der Waals surface area contributed by atoms with Gasteiger partial charge in [0.05, 0.1) is 5.69 Å². The van der Waals surface area contributed by atoms with Gasteiger partial charge in [-0.2, -0.15) is 0 Å². The molecule has 0 radical (unpaired) electrons. The van der Waals surface area contributed by atoms with E-state index in [9.17, 15) is 5.11 Å². The molecule has 1 aromatic carbocycles. The Labute approximate surface area is 103 Å². The molecule has 0 aliphatic heterocycles. The zero-order chi connectivity index (χ0) is 12.4. The van der Waals surface area contributed by atoms with Crippen molar-refractivity contribution >= 4 is 0 Å². The normalized spacial score (nSPS) is 13.0. The highest BCUT2D eigenvalue weighted by Crippen LogP contribution is 2.23. The molecule has 0 saturated carbocycles. The van der Waals surface area contributed by atoms with Crippen molar-refractivity contribution in [2.45, 2.75) is 25.9 Å². The maximum Gasteiger partial charge on any atom is 0.119 e. The molecule has 2 rings (SSSR count). The van der Waals surface area contributed by atoms with Gasteiger partial charge in [-0.25, -0.2) is 0 Å². The molecule has 0 saturated heterocycles. The van der Waals surface area contributed by atoms with E-state index in [-0.39, 0.29) is 0 Å². The maximum absolute atomic E-state index is 10.3. The monoisotopic (exact) mass is 229 g/mol. The van der Waals surface area contributed by atoms with Gasteiger partial charge in [0.2, 0.25) is 0 Å². The van der Waals surface area contributed by atoms with Gasteiger partial charge in [0, 0.05) is 13.2 Å². The molecule has 0 fully saturated rings. The third-order valence-electron chi connectivity index (χ3n) is 3.18. The number of aliphatic hydroxyl groups excluding tert-OH is 1. The molecule has 1 heterocycles. The van der Waals surface area contributed by atoms with Gasteiger partial charge in [0.15, 0.2) is 0 Å². The average Bonchev–Trinajstić information content (AvgIpc) is 2.74. The number of rotatable bonds is 3. The van der Waals surface area contributed by atoms with Crippen LogP contribution in [0.2, 0.25) is 0 Å². The van der Waals surface area contributed by atoms with E-state index in [1.54, 1.807) is 0 Å². The summed E-state index contributed by atoms with van der Waals surface area (Å²) in [5.74, 6) is 0.524. The second-order valence-electron chi connectivity index (χ2n) is 4.77. The largest absolute Gasteiger partial charge is 0.382 e. The minimum atomic E-state index is -0.545. The van der Waals surface area contributed by atoms with E-state index in [2.05, 4.69) is 26.0 Å². The lowest BCUT2D eigenvalue weighted by Gasteiger charge is -2.13. The summed E-state index contributed by atoms with van der Waals surface area (Å²) in [6, 6.07) is 12.1. The van der Waals surface area contributed by atoms with Crippen molar-refractivity contribution in [2.75, 3.05) is 0 Å². The molecule has 90 valence electrons. The van der Waals surface area contributed by atoms with Crippen LogP contribution in [0.1, 0.15) is 42.7 Å². The first-order valence-electron chi connectivity index (χ1n) is 5.98. The molecule has 0 aliphatic rings. The van der Waals surface area contributed by atoms with Gasteiger partial charge in [-0.15, -0.1) is 0 Å². The number of nitrogens with zero attached hydrogens (tertiary/aromatic N) is 1. The number of aliphatic hydroxyl groups is 1. The highest BCUT2D eigenvalue weighted by Gasteiger charge is 2.12. The topological polar surface area (TPSA) is 25.2 Å². The molecule has 0 amide bonds. The lowest BCUT2D eigenvalue weighted by Crippen LogP contribution is -2.05. The van der Waals surface area contributed by atoms with Gasteiger partial charge >= 0.3 is 0 Å². The van der Waals surface area contributed by atoms with Crippen LogP contribution in [0.25, 0.3) is 0 Å². The molecule has 1 atom stereocenters. The molecule has 1 aromatic heterocycles. The van der Waals surface area contributed by atoms with E-state index < -0.39 is 6.10 Å². The van der Waals surface area contributed by atoms with E-state index >= 15 is 0 Å². The number of hydrogen-bond acceptors (Lipinski definition) is 1. The minimum Gasteiger partial charge on any atom is -0.382 e. The number of aryl methyl sites for hydroxylation is 1. The average molecular weight is 229 g/mol. The standard InChI is InChI=1S/C15H19NO/c1-11(2)12-6-8-13(9-7-12)15(17)14-5-4-10-16(14)3/h4-11,15,17H,1-3H3. The predicted molar refractivity (Wildman–Crippen MR) is 70.0 cm³/mol. The molecule has 2 heteroatoms. The van der Waals surface area contributed by atoms with Gasteiger partial charge < -0.3 is 9.67 Å². The zero-order valence-corrected chi connectivity index (χ0v) is 10.6. The Bertz CT molecular complexity index is 482. The Kier molecular flexibility index (Phi) is 3.34. The van der Waals surface area contributed by atoms with Crippen LogP contribution in [0.3, 0.4) is 0 Å². The Hall–Kier alpha value is -1.54. The van der Waals surface area contributed by atoms with Gasteiger partial charge in [-0.3, -0.25) is 0 Å². The third kappa shape index (κ3) is 2.42. The van der Waals surface area contributed by atoms with Crippen LogP contribution in [0.5, 0.6) is 0 Å². The second kappa shape index (κ2) is 4.76. The van der Waals surface area contributed by atoms with Crippen LogP contribution in [-0.2, 0) is 7.05 Å². The third-order valence-corrected chi connectivity index (χ3v) is 3.18. The molecule has 0 spiro atoms. The first kappa shape index (κ1) is 11.9. The Morgan fingerprint density at radius 3 is 2.06 bits per heavy atom. The molecular weight excluding hydrogens is 210 g/mol. The molecule has 0 bridgehead atoms. The van der Waals surface area contributed by atoms with Crippen molar-refractivity contribution in [1.29, 1.82) is 0 Å². The lowest BCUT2D eigenvalue weighted by atomic mass is 9.99. The number of aromatic nitrogens is 1. The van der Waals surface area contributed by atoms with E-state index in [1.807, 2.05) is 42.1 Å². The molecule has 1 unspecified atom stereocenters. The SMILES string of the molecule is CC(C)c1ccc(C(O)c2cccn2C)cc1. The summed E-state index contributed by atoms with van der Waals surface area (Å²) in [6.45, 7) is 4.34. The van der Waals surface area contributed by atoms with E-state index in [0.717, 1.165) is 11.3 Å². The maximum atomic E-state index is 10.3. The van der Waals surface area contributed by atoms with Crippen molar-refractivity contribution in [1.82, 2.24) is 4.57 Å². The molecule has 1 N–H and O–H groups in total. The summed E-state index contributed by atoms with van der Waals surface area (Å²) in [5, 5.41) is 10.3. The number of benzene rings is 1. The van der Waals surface area contributed by atoms with Crippen LogP contribution in [-0.4, -0.2) is 9.67 Å². The Morgan fingerprint density at radius 1 is 1.00 bits per heavy atom. The fraction of sp³-hybridized carbons (Fsp3) is 0.333. The summed E-state index contributed by atoms with van der Waals surface area (Å²) in [4.78, 5) is 0. The second-order valence-corrected chi connectivity index (χ2v) is 4.77. The first-order chi connectivity index (χ1) is 8.09. The summed E-state index contributed by atoms with van der Waals surface area (Å²) >= 11 is 0. The molecule has 2 nitrogen and oxygen atoms in total. The van der Waals surface area contributed by atoms with Crippen molar-refractivity contribution in [3.63, 3.8) is 0 Å². The summed E-state index contributed by atoms with van der Waals surface area (Å²) in [7, 11) is 1.95. The quantitative estimate of drug-likeness (QED) is 0.858. The van der Waals surface area contributed by atoms with Gasteiger partial charge in [-0.1, -0.05) is 38.1 Å². The van der Waals surface area contributed by atoms with Crippen molar-refractivity contribution < 1.29 is 5.11 Å². The molecular formula is C15H19NO. The Morgan fingerprint density at radius 2 is 1.59 bits per heavy atom. The zero-order valence-electron chi connectivity index (χ0n) is 10.6. The molecule has 0 aliphatic carbocycles. The van der Waals surface area contributed by atoms with Gasteiger partial charge in [-0.05, 0) is 29.2 Å². The number of hydrogen-bond donors (Lipinski definition) is 1. The van der Waals surface area contributed by atoms with Crippen LogP contribution in [0, 0.1) is 0 Å². The summed E-state index contributed by atoms with van der Waals surface area (Å²) in [6.07, 6.45) is 1.40. The van der Waals surface area contributed by atoms with Crippen LogP contribution in [0.4, 0.5) is 0 Å². The minimum absolute atomic E-state index is 0.524. The summed E-state index contributed by atoms with van der Waals surface area (Å²) < 4.78 is 1.95. The summed E-state index contributed by atoms with van der Waals surface area (Å²) in [5.41, 5.74) is 3.16. The van der Waals surface area contributed by atoms with Crippen molar-refractivity contribution in [2.24, 2.45) is 7.05 Å². The van der Waals surface area contributed by atoms with E-state index in [4.69, 9.17) is 0 Å².